The van der Waals surface area contributed by atoms with Crippen LogP contribution in [0.15, 0.2) is 127 Å². The van der Waals surface area contributed by atoms with Gasteiger partial charge in [-0.15, -0.1) is 0 Å². The number of rotatable bonds is 16. The largest absolute Gasteiger partial charge is 0.465 e. The molecule has 0 radical (unpaired) electrons. The second kappa shape index (κ2) is 19.2. The van der Waals surface area contributed by atoms with Gasteiger partial charge in [-0.05, 0) is 83.0 Å². The fourth-order valence-electron chi connectivity index (χ4n) is 8.30. The maximum Gasteiger partial charge on any atom is 0.337 e. The van der Waals surface area contributed by atoms with Gasteiger partial charge < -0.3 is 14.2 Å². The Morgan fingerprint density at radius 3 is 2.02 bits per heavy atom. The highest BCUT2D eigenvalue weighted by atomic mass is 35.5. The summed E-state index contributed by atoms with van der Waals surface area (Å²) in [5.41, 5.74) is 8.81. The van der Waals surface area contributed by atoms with Gasteiger partial charge in [0.05, 0.1) is 24.5 Å². The number of piperazine rings is 1. The molecule has 6 aromatic rings. The fraction of sp³-hybridized carbons (Fsp3) is 0.292. The maximum absolute atomic E-state index is 13.9. The van der Waals surface area contributed by atoms with Gasteiger partial charge in [0.2, 0.25) is 15.9 Å². The summed E-state index contributed by atoms with van der Waals surface area (Å²) in [6.45, 7) is 5.26. The number of hydrogen-bond donors (Lipinski definition) is 1. The Labute approximate surface area is 352 Å². The summed E-state index contributed by atoms with van der Waals surface area (Å²) in [6, 6.07) is 41.9. The van der Waals surface area contributed by atoms with Crippen molar-refractivity contribution in [3.05, 3.63) is 177 Å². The molecule has 59 heavy (non-hydrogen) atoms. The van der Waals surface area contributed by atoms with Gasteiger partial charge in [0.25, 0.3) is 0 Å². The van der Waals surface area contributed by atoms with Crippen LogP contribution < -0.4 is 4.72 Å². The highest BCUT2D eigenvalue weighted by molar-refractivity contribution is 7.88. The topological polar surface area (TPSA) is 101 Å². The average molecular weight is 831 g/mol. The first-order valence-corrected chi connectivity index (χ1v) is 22.2. The Bertz CT molecular complexity index is 2440. The van der Waals surface area contributed by atoms with Crippen LogP contribution in [0.4, 0.5) is 0 Å². The number of aryl methyl sites for hydroxylation is 2. The summed E-state index contributed by atoms with van der Waals surface area (Å²) in [6.07, 6.45) is 2.79. The number of nitrogens with zero attached hydrogens (tertiary/aromatic N) is 3. The first-order valence-electron chi connectivity index (χ1n) is 20.2. The van der Waals surface area contributed by atoms with Gasteiger partial charge in [-0.3, -0.25) is 9.69 Å². The molecule has 9 nitrogen and oxygen atoms in total. The van der Waals surface area contributed by atoms with Crippen molar-refractivity contribution >= 4 is 44.4 Å². The zero-order valence-corrected chi connectivity index (χ0v) is 35.2. The van der Waals surface area contributed by atoms with Crippen LogP contribution in [0.2, 0.25) is 5.02 Å². The maximum atomic E-state index is 13.9. The van der Waals surface area contributed by atoms with E-state index in [0.717, 1.165) is 82.3 Å². The van der Waals surface area contributed by atoms with Gasteiger partial charge in [0.15, 0.2) is 0 Å². The Morgan fingerprint density at radius 1 is 0.763 bits per heavy atom. The van der Waals surface area contributed by atoms with Crippen molar-refractivity contribution in [2.24, 2.45) is 0 Å². The van der Waals surface area contributed by atoms with E-state index >= 15 is 0 Å². The number of esters is 1. The molecule has 0 saturated carbocycles. The van der Waals surface area contributed by atoms with Crippen LogP contribution in [0.25, 0.3) is 10.9 Å². The Kier molecular flexibility index (Phi) is 13.6. The van der Waals surface area contributed by atoms with Crippen molar-refractivity contribution in [1.82, 2.24) is 19.1 Å². The number of carbonyl (C=O) groups is 2. The van der Waals surface area contributed by atoms with Crippen LogP contribution in [0.5, 0.6) is 0 Å². The molecule has 0 unspecified atom stereocenters. The lowest BCUT2D eigenvalue weighted by Gasteiger charge is -2.34. The molecule has 0 bridgehead atoms. The third-order valence-corrected chi connectivity index (χ3v) is 12.9. The van der Waals surface area contributed by atoms with E-state index in [1.165, 1.54) is 7.11 Å². The van der Waals surface area contributed by atoms with Gasteiger partial charge in [-0.25, -0.2) is 17.9 Å². The molecule has 1 aliphatic heterocycles. The van der Waals surface area contributed by atoms with Crippen molar-refractivity contribution in [3.63, 3.8) is 0 Å². The third kappa shape index (κ3) is 10.3. The standard InChI is InChI=1S/C48H51ClN4O5S/c1-35(54)52-30-28-51(29-31-52)33-40-17-9-10-18-41(40)34-59(56,57)50-27-26-46-43(19-11-12-36-20-22-39(23-21-36)48(55)58-2)44-32-42(49)24-25-45(44)53(46)47(37-13-5-3-6-14-37)38-15-7-4-8-16-38/h3-10,13-18,20-25,32,47,50H,11-12,19,26-31,33-34H2,1-2H3. The van der Waals surface area contributed by atoms with Crippen molar-refractivity contribution < 1.29 is 22.7 Å². The van der Waals surface area contributed by atoms with Gasteiger partial charge in [-0.2, -0.15) is 0 Å². The van der Waals surface area contributed by atoms with E-state index < -0.39 is 10.0 Å². The van der Waals surface area contributed by atoms with Gasteiger partial charge in [0.1, 0.15) is 0 Å². The van der Waals surface area contributed by atoms with E-state index in [9.17, 15) is 18.0 Å². The predicted octanol–water partition coefficient (Wildman–Crippen LogP) is 8.22. The van der Waals surface area contributed by atoms with E-state index in [0.29, 0.717) is 36.6 Å². The SMILES string of the molecule is COC(=O)c1ccc(CCCc2c(CCNS(=O)(=O)Cc3ccccc3CN3CCN(C(C)=O)CC3)n(C(c3ccccc3)c3ccccc3)c3ccc(Cl)cc23)cc1. The molecule has 1 aromatic heterocycles. The second-order valence-electron chi connectivity index (χ2n) is 15.2. The van der Waals surface area contributed by atoms with Crippen LogP contribution in [-0.2, 0) is 51.1 Å². The second-order valence-corrected chi connectivity index (χ2v) is 17.4. The molecule has 0 atom stereocenters. The quantitative estimate of drug-likeness (QED) is 0.0988. The van der Waals surface area contributed by atoms with Crippen LogP contribution in [0.1, 0.15) is 68.8 Å². The summed E-state index contributed by atoms with van der Waals surface area (Å²) in [7, 11) is -2.35. The van der Waals surface area contributed by atoms with Gasteiger partial charge in [-0.1, -0.05) is 109 Å². The minimum Gasteiger partial charge on any atom is -0.465 e. The summed E-state index contributed by atoms with van der Waals surface area (Å²) in [4.78, 5) is 28.0. The number of hydrogen-bond acceptors (Lipinski definition) is 6. The highest BCUT2D eigenvalue weighted by Crippen LogP contribution is 2.38. The number of methoxy groups -OCH3 is 1. The highest BCUT2D eigenvalue weighted by Gasteiger charge is 2.26. The van der Waals surface area contributed by atoms with E-state index in [4.69, 9.17) is 16.3 Å². The molecular formula is C48H51ClN4O5S. The molecule has 1 N–H and O–H groups in total. The van der Waals surface area contributed by atoms with Crippen LogP contribution >= 0.6 is 11.6 Å². The zero-order valence-electron chi connectivity index (χ0n) is 33.6. The molecule has 2 heterocycles. The molecule has 7 rings (SSSR count). The van der Waals surface area contributed by atoms with Gasteiger partial charge in [0, 0.05) is 74.2 Å². The smallest absolute Gasteiger partial charge is 0.337 e. The molecule has 0 aliphatic carbocycles. The van der Waals surface area contributed by atoms with Crippen molar-refractivity contribution in [1.29, 1.82) is 0 Å². The van der Waals surface area contributed by atoms with Crippen LogP contribution in [0.3, 0.4) is 0 Å². The van der Waals surface area contributed by atoms with Crippen molar-refractivity contribution in [3.8, 4) is 0 Å². The Morgan fingerprint density at radius 2 is 1.39 bits per heavy atom. The zero-order chi connectivity index (χ0) is 41.4. The number of benzene rings is 5. The van der Waals surface area contributed by atoms with Crippen molar-refractivity contribution in [2.75, 3.05) is 39.8 Å². The lowest BCUT2D eigenvalue weighted by Crippen LogP contribution is -2.47. The molecule has 1 fully saturated rings. The molecule has 11 heteroatoms. The summed E-state index contributed by atoms with van der Waals surface area (Å²) in [5, 5.41) is 1.68. The number of ether oxygens (including phenoxy) is 1. The Hall–Kier alpha value is -5.26. The normalized spacial score (nSPS) is 13.6. The first kappa shape index (κ1) is 41.9. The number of carbonyl (C=O) groups excluding carboxylic acids is 2. The summed E-state index contributed by atoms with van der Waals surface area (Å²) < 4.78 is 38.1. The van der Waals surface area contributed by atoms with E-state index in [1.807, 2.05) is 65.6 Å². The van der Waals surface area contributed by atoms with Crippen LogP contribution in [-0.4, -0.2) is 74.5 Å². The van der Waals surface area contributed by atoms with E-state index in [-0.39, 0.29) is 30.2 Å². The van der Waals surface area contributed by atoms with E-state index in [2.05, 4.69) is 68.8 Å². The van der Waals surface area contributed by atoms with Crippen LogP contribution in [0, 0.1) is 0 Å². The number of nitrogens with one attached hydrogen (secondary N) is 1. The molecule has 306 valence electrons. The Balaban J connectivity index is 1.18. The number of fused-ring (bicyclic) bond motifs is 1. The number of halogens is 1. The monoisotopic (exact) mass is 830 g/mol. The fourth-order valence-corrected chi connectivity index (χ4v) is 9.68. The summed E-state index contributed by atoms with van der Waals surface area (Å²) >= 11 is 6.73. The lowest BCUT2D eigenvalue weighted by molar-refractivity contribution is -0.130. The number of aromatic nitrogens is 1. The van der Waals surface area contributed by atoms with E-state index in [1.54, 1.807) is 19.1 Å². The average Bonchev–Trinajstić information content (AvgIpc) is 3.53. The first-order chi connectivity index (χ1) is 28.6. The minimum absolute atomic E-state index is 0.0815. The lowest BCUT2D eigenvalue weighted by atomic mass is 9.97. The third-order valence-electron chi connectivity index (χ3n) is 11.3. The number of amides is 1. The predicted molar refractivity (Wildman–Crippen MR) is 235 cm³/mol. The molecule has 1 aliphatic rings. The summed E-state index contributed by atoms with van der Waals surface area (Å²) in [5.74, 6) is -0.413. The molecule has 1 amide bonds. The molecule has 1 saturated heterocycles. The van der Waals surface area contributed by atoms with Gasteiger partial charge >= 0.3 is 5.97 Å². The molecule has 0 spiro atoms. The molecule has 5 aromatic carbocycles. The molecular weight excluding hydrogens is 780 g/mol. The minimum atomic E-state index is -3.72. The number of sulfonamides is 1. The van der Waals surface area contributed by atoms with Crippen molar-refractivity contribution in [2.45, 2.75) is 50.9 Å².